The smallest absolute Gasteiger partial charge is 0.101 e. The quantitative estimate of drug-likeness (QED) is 0.788. The van der Waals surface area contributed by atoms with Crippen molar-refractivity contribution in [2.75, 3.05) is 43.4 Å². The molecular formula is C19H21N3S. The van der Waals surface area contributed by atoms with Gasteiger partial charge in [0, 0.05) is 43.4 Å². The van der Waals surface area contributed by atoms with E-state index in [1.54, 1.807) is 0 Å². The summed E-state index contributed by atoms with van der Waals surface area (Å²) in [5, 5.41) is 9.24. The Hall–Kier alpha value is -1.96. The number of anilines is 1. The first-order valence-corrected chi connectivity index (χ1v) is 8.99. The minimum absolute atomic E-state index is 0.778. The van der Waals surface area contributed by atoms with E-state index < -0.39 is 0 Å². The van der Waals surface area contributed by atoms with Crippen molar-refractivity contribution in [3.8, 4) is 6.07 Å². The Morgan fingerprint density at radius 1 is 0.913 bits per heavy atom. The van der Waals surface area contributed by atoms with E-state index in [9.17, 15) is 5.26 Å². The van der Waals surface area contributed by atoms with Crippen molar-refractivity contribution in [1.82, 2.24) is 4.90 Å². The fraction of sp³-hybridized carbons (Fsp3) is 0.316. The maximum atomic E-state index is 9.24. The van der Waals surface area contributed by atoms with Crippen molar-refractivity contribution >= 4 is 17.4 Å². The van der Waals surface area contributed by atoms with Crippen LogP contribution in [0.4, 0.5) is 5.69 Å². The Bertz CT molecular complexity index is 658. The van der Waals surface area contributed by atoms with Crippen LogP contribution in [0, 0.1) is 11.3 Å². The largest absolute Gasteiger partial charge is 0.368 e. The van der Waals surface area contributed by atoms with Crippen LogP contribution in [0.1, 0.15) is 5.56 Å². The van der Waals surface area contributed by atoms with Crippen LogP contribution in [0.25, 0.3) is 0 Å². The summed E-state index contributed by atoms with van der Waals surface area (Å²) in [5.41, 5.74) is 1.86. The molecule has 4 heteroatoms. The third-order valence-electron chi connectivity index (χ3n) is 4.16. The molecule has 23 heavy (non-hydrogen) atoms. The number of rotatable bonds is 5. The summed E-state index contributed by atoms with van der Waals surface area (Å²) in [6, 6.07) is 20.8. The van der Waals surface area contributed by atoms with Crippen LogP contribution in [0.15, 0.2) is 59.5 Å². The van der Waals surface area contributed by atoms with Gasteiger partial charge >= 0.3 is 0 Å². The summed E-state index contributed by atoms with van der Waals surface area (Å²) >= 11 is 1.92. The van der Waals surface area contributed by atoms with Crippen LogP contribution in [-0.4, -0.2) is 43.4 Å². The molecule has 0 unspecified atom stereocenters. The Morgan fingerprint density at radius 2 is 1.61 bits per heavy atom. The number of benzene rings is 2. The Balaban J connectivity index is 1.46. The molecule has 1 saturated heterocycles. The molecule has 0 bridgehead atoms. The number of hydrogen-bond donors (Lipinski definition) is 0. The Labute approximate surface area is 142 Å². The van der Waals surface area contributed by atoms with Crippen molar-refractivity contribution in [2.24, 2.45) is 0 Å². The summed E-state index contributed by atoms with van der Waals surface area (Å²) in [7, 11) is 0. The lowest BCUT2D eigenvalue weighted by atomic mass is 10.1. The van der Waals surface area contributed by atoms with Crippen LogP contribution in [0.5, 0.6) is 0 Å². The van der Waals surface area contributed by atoms with Gasteiger partial charge in [0.15, 0.2) is 0 Å². The van der Waals surface area contributed by atoms with E-state index in [1.807, 2.05) is 30.0 Å². The molecule has 0 saturated carbocycles. The third kappa shape index (κ3) is 4.28. The highest BCUT2D eigenvalue weighted by atomic mass is 32.2. The monoisotopic (exact) mass is 323 g/mol. The van der Waals surface area contributed by atoms with E-state index in [2.05, 4.69) is 52.3 Å². The predicted octanol–water partition coefficient (Wildman–Crippen LogP) is 3.47. The lowest BCUT2D eigenvalue weighted by Crippen LogP contribution is -2.47. The van der Waals surface area contributed by atoms with Gasteiger partial charge in [0.25, 0.3) is 0 Å². The molecular weight excluding hydrogens is 302 g/mol. The Kier molecular flexibility index (Phi) is 5.57. The first-order valence-electron chi connectivity index (χ1n) is 8.01. The second-order valence-corrected chi connectivity index (χ2v) is 6.79. The average Bonchev–Trinajstić information content (AvgIpc) is 2.63. The highest BCUT2D eigenvalue weighted by Crippen LogP contribution is 2.21. The van der Waals surface area contributed by atoms with Gasteiger partial charge in [-0.2, -0.15) is 5.26 Å². The van der Waals surface area contributed by atoms with Gasteiger partial charge in [0.1, 0.15) is 6.07 Å². The van der Waals surface area contributed by atoms with Crippen molar-refractivity contribution in [3.63, 3.8) is 0 Å². The number of nitrogens with zero attached hydrogens (tertiary/aromatic N) is 3. The van der Waals surface area contributed by atoms with Gasteiger partial charge in [0.05, 0.1) is 11.3 Å². The molecule has 0 radical (unpaired) electrons. The van der Waals surface area contributed by atoms with E-state index in [0.29, 0.717) is 0 Å². The molecule has 1 fully saturated rings. The topological polar surface area (TPSA) is 30.3 Å². The molecule has 1 aliphatic heterocycles. The van der Waals surface area contributed by atoms with Gasteiger partial charge in [0.2, 0.25) is 0 Å². The van der Waals surface area contributed by atoms with E-state index in [1.165, 1.54) is 4.90 Å². The number of para-hydroxylation sites is 1. The molecule has 2 aromatic carbocycles. The SMILES string of the molecule is N#Cc1ccccc1N1CCN(CCSc2ccccc2)CC1. The van der Waals surface area contributed by atoms with Gasteiger partial charge < -0.3 is 4.90 Å². The minimum atomic E-state index is 0.778. The zero-order valence-electron chi connectivity index (χ0n) is 13.2. The normalized spacial score (nSPS) is 15.3. The van der Waals surface area contributed by atoms with E-state index in [4.69, 9.17) is 0 Å². The highest BCUT2D eigenvalue weighted by Gasteiger charge is 2.18. The zero-order chi connectivity index (χ0) is 15.9. The molecule has 3 nitrogen and oxygen atoms in total. The van der Waals surface area contributed by atoms with Gasteiger partial charge in [-0.3, -0.25) is 4.90 Å². The van der Waals surface area contributed by atoms with Crippen molar-refractivity contribution in [3.05, 3.63) is 60.2 Å². The molecule has 0 atom stereocenters. The van der Waals surface area contributed by atoms with Crippen molar-refractivity contribution in [1.29, 1.82) is 5.26 Å². The van der Waals surface area contributed by atoms with Gasteiger partial charge in [-0.1, -0.05) is 30.3 Å². The molecule has 1 aliphatic rings. The predicted molar refractivity (Wildman–Crippen MR) is 97.0 cm³/mol. The van der Waals surface area contributed by atoms with E-state index >= 15 is 0 Å². The summed E-state index contributed by atoms with van der Waals surface area (Å²) in [6.07, 6.45) is 0. The van der Waals surface area contributed by atoms with Gasteiger partial charge in [-0.05, 0) is 24.3 Å². The van der Waals surface area contributed by atoms with Crippen molar-refractivity contribution < 1.29 is 0 Å². The number of piperazine rings is 1. The third-order valence-corrected chi connectivity index (χ3v) is 5.15. The van der Waals surface area contributed by atoms with E-state index in [0.717, 1.165) is 49.7 Å². The fourth-order valence-electron chi connectivity index (χ4n) is 2.87. The lowest BCUT2D eigenvalue weighted by Gasteiger charge is -2.36. The van der Waals surface area contributed by atoms with Crippen LogP contribution in [0.2, 0.25) is 0 Å². The molecule has 2 aromatic rings. The minimum Gasteiger partial charge on any atom is -0.368 e. The molecule has 0 spiro atoms. The number of nitriles is 1. The summed E-state index contributed by atoms with van der Waals surface area (Å²) in [4.78, 5) is 6.19. The van der Waals surface area contributed by atoms with Gasteiger partial charge in [-0.15, -0.1) is 11.8 Å². The molecule has 0 amide bonds. The molecule has 3 rings (SSSR count). The molecule has 0 N–H and O–H groups in total. The van der Waals surface area contributed by atoms with Crippen LogP contribution in [0.3, 0.4) is 0 Å². The first kappa shape index (κ1) is 15.9. The maximum Gasteiger partial charge on any atom is 0.101 e. The highest BCUT2D eigenvalue weighted by molar-refractivity contribution is 7.99. The standard InChI is InChI=1S/C19H21N3S/c20-16-17-6-4-5-9-19(17)22-12-10-21(11-13-22)14-15-23-18-7-2-1-3-8-18/h1-9H,10-15H2. The average molecular weight is 323 g/mol. The molecule has 118 valence electrons. The van der Waals surface area contributed by atoms with Crippen LogP contribution in [-0.2, 0) is 0 Å². The zero-order valence-corrected chi connectivity index (χ0v) is 14.0. The number of thioether (sulfide) groups is 1. The van der Waals surface area contributed by atoms with E-state index in [-0.39, 0.29) is 0 Å². The summed E-state index contributed by atoms with van der Waals surface area (Å²) in [5.74, 6) is 1.12. The molecule has 1 heterocycles. The number of hydrogen-bond acceptors (Lipinski definition) is 4. The fourth-order valence-corrected chi connectivity index (χ4v) is 3.80. The van der Waals surface area contributed by atoms with Crippen LogP contribution >= 0.6 is 11.8 Å². The maximum absolute atomic E-state index is 9.24. The summed E-state index contributed by atoms with van der Waals surface area (Å²) < 4.78 is 0. The van der Waals surface area contributed by atoms with Crippen molar-refractivity contribution in [2.45, 2.75) is 4.90 Å². The summed E-state index contributed by atoms with van der Waals surface area (Å²) in [6.45, 7) is 5.24. The Morgan fingerprint density at radius 3 is 2.35 bits per heavy atom. The molecule has 0 aromatic heterocycles. The van der Waals surface area contributed by atoms with Gasteiger partial charge in [-0.25, -0.2) is 0 Å². The lowest BCUT2D eigenvalue weighted by molar-refractivity contribution is 0.273. The first-order chi connectivity index (χ1) is 11.4. The molecule has 0 aliphatic carbocycles. The second kappa shape index (κ2) is 8.05. The second-order valence-electron chi connectivity index (χ2n) is 5.62. The van der Waals surface area contributed by atoms with Crippen LogP contribution < -0.4 is 4.90 Å².